The first kappa shape index (κ1) is 8.61. The van der Waals surface area contributed by atoms with Gasteiger partial charge in [-0.3, -0.25) is 4.79 Å². The minimum Gasteiger partial charge on any atom is -0.310 e. The first-order chi connectivity index (χ1) is 7.25. The van der Waals surface area contributed by atoms with Crippen LogP contribution in [0.3, 0.4) is 0 Å². The Morgan fingerprint density at radius 2 is 2.13 bits per heavy atom. The van der Waals surface area contributed by atoms with E-state index in [0.717, 1.165) is 14.9 Å². The van der Waals surface area contributed by atoms with Gasteiger partial charge in [0.05, 0.1) is 5.39 Å². The monoisotopic (exact) mass is 216 g/mol. The molecule has 1 N–H and O–H groups in total. The van der Waals surface area contributed by atoms with Crippen molar-refractivity contribution in [2.45, 2.75) is 6.92 Å². The van der Waals surface area contributed by atoms with E-state index in [1.165, 1.54) is 0 Å². The molecule has 0 amide bonds. The summed E-state index contributed by atoms with van der Waals surface area (Å²) in [4.78, 5) is 19.7. The molecule has 0 aliphatic rings. The standard InChI is InChI=1S/C11H8N2OS/c1-6-12-10(14)9-7-4-2-3-5-8(7)15-11(9)13-6/h2-5H,1H3,(H,12,13,14). The van der Waals surface area contributed by atoms with E-state index in [9.17, 15) is 4.79 Å². The molecule has 0 atom stereocenters. The second-order valence-electron chi connectivity index (χ2n) is 3.43. The summed E-state index contributed by atoms with van der Waals surface area (Å²) in [6.07, 6.45) is 0. The number of H-pyrrole nitrogens is 1. The summed E-state index contributed by atoms with van der Waals surface area (Å²) in [5, 5.41) is 1.70. The van der Waals surface area contributed by atoms with Crippen LogP contribution in [-0.4, -0.2) is 9.97 Å². The van der Waals surface area contributed by atoms with Crippen molar-refractivity contribution in [3.63, 3.8) is 0 Å². The number of aromatic nitrogens is 2. The van der Waals surface area contributed by atoms with Crippen molar-refractivity contribution in [1.29, 1.82) is 0 Å². The van der Waals surface area contributed by atoms with Crippen molar-refractivity contribution in [2.75, 3.05) is 0 Å². The lowest BCUT2D eigenvalue weighted by molar-refractivity contribution is 1.07. The van der Waals surface area contributed by atoms with Crippen molar-refractivity contribution >= 4 is 31.6 Å². The van der Waals surface area contributed by atoms with Gasteiger partial charge in [0, 0.05) is 10.1 Å². The van der Waals surface area contributed by atoms with Gasteiger partial charge in [0.25, 0.3) is 5.56 Å². The molecule has 0 bridgehead atoms. The van der Waals surface area contributed by atoms with E-state index in [-0.39, 0.29) is 5.56 Å². The van der Waals surface area contributed by atoms with E-state index in [2.05, 4.69) is 9.97 Å². The summed E-state index contributed by atoms with van der Waals surface area (Å²) in [6, 6.07) is 7.88. The molecule has 0 unspecified atom stereocenters. The van der Waals surface area contributed by atoms with E-state index in [4.69, 9.17) is 0 Å². The average molecular weight is 216 g/mol. The van der Waals surface area contributed by atoms with Crippen LogP contribution >= 0.6 is 11.3 Å². The zero-order valence-corrected chi connectivity index (χ0v) is 8.89. The van der Waals surface area contributed by atoms with Gasteiger partial charge in [0.15, 0.2) is 0 Å². The van der Waals surface area contributed by atoms with Gasteiger partial charge in [0.1, 0.15) is 10.7 Å². The zero-order valence-electron chi connectivity index (χ0n) is 8.07. The molecule has 3 nitrogen and oxygen atoms in total. The van der Waals surface area contributed by atoms with Crippen molar-refractivity contribution in [3.05, 3.63) is 40.4 Å². The summed E-state index contributed by atoms with van der Waals surface area (Å²) < 4.78 is 1.11. The fraction of sp³-hybridized carbons (Fsp3) is 0.0909. The number of aryl methyl sites for hydroxylation is 1. The maximum absolute atomic E-state index is 11.8. The molecule has 0 aliphatic carbocycles. The molecule has 74 valence electrons. The van der Waals surface area contributed by atoms with Crippen LogP contribution < -0.4 is 5.56 Å². The van der Waals surface area contributed by atoms with Crippen LogP contribution in [0.15, 0.2) is 29.1 Å². The van der Waals surface area contributed by atoms with Crippen molar-refractivity contribution in [3.8, 4) is 0 Å². The van der Waals surface area contributed by atoms with E-state index in [1.54, 1.807) is 18.3 Å². The van der Waals surface area contributed by atoms with E-state index in [1.807, 2.05) is 24.3 Å². The van der Waals surface area contributed by atoms with Crippen LogP contribution in [0.4, 0.5) is 0 Å². The van der Waals surface area contributed by atoms with Crippen molar-refractivity contribution in [1.82, 2.24) is 9.97 Å². The maximum atomic E-state index is 11.8. The number of hydrogen-bond acceptors (Lipinski definition) is 3. The van der Waals surface area contributed by atoms with Crippen LogP contribution in [0.1, 0.15) is 5.82 Å². The van der Waals surface area contributed by atoms with Crippen LogP contribution in [0.5, 0.6) is 0 Å². The van der Waals surface area contributed by atoms with Crippen LogP contribution in [0.2, 0.25) is 0 Å². The molecule has 0 saturated heterocycles. The highest BCUT2D eigenvalue weighted by Gasteiger charge is 2.09. The largest absolute Gasteiger partial charge is 0.310 e. The Morgan fingerprint density at radius 1 is 1.33 bits per heavy atom. The molecule has 0 spiro atoms. The minimum absolute atomic E-state index is 0.0463. The van der Waals surface area contributed by atoms with Gasteiger partial charge >= 0.3 is 0 Å². The number of aromatic amines is 1. The quantitative estimate of drug-likeness (QED) is 0.627. The van der Waals surface area contributed by atoms with Crippen LogP contribution in [-0.2, 0) is 0 Å². The summed E-state index contributed by atoms with van der Waals surface area (Å²) in [5.41, 5.74) is -0.0463. The third-order valence-electron chi connectivity index (χ3n) is 2.37. The molecule has 0 radical (unpaired) electrons. The number of nitrogens with zero attached hydrogens (tertiary/aromatic N) is 1. The van der Waals surface area contributed by atoms with Crippen molar-refractivity contribution in [2.24, 2.45) is 0 Å². The third-order valence-corrected chi connectivity index (χ3v) is 3.43. The van der Waals surface area contributed by atoms with E-state index >= 15 is 0 Å². The Labute approximate surface area is 89.4 Å². The highest BCUT2D eigenvalue weighted by molar-refractivity contribution is 7.25. The van der Waals surface area contributed by atoms with Gasteiger partial charge in [0.2, 0.25) is 0 Å². The Morgan fingerprint density at radius 3 is 3.00 bits per heavy atom. The molecule has 0 fully saturated rings. The molecule has 1 aromatic carbocycles. The van der Waals surface area contributed by atoms with E-state index in [0.29, 0.717) is 11.2 Å². The van der Waals surface area contributed by atoms with Gasteiger partial charge in [-0.1, -0.05) is 18.2 Å². The molecule has 0 saturated carbocycles. The SMILES string of the molecule is Cc1nc2sc3ccccc3c2c(=O)[nH]1. The molecular formula is C11H8N2OS. The second kappa shape index (κ2) is 2.90. The molecule has 2 aromatic heterocycles. The second-order valence-corrected chi connectivity index (χ2v) is 4.46. The van der Waals surface area contributed by atoms with Gasteiger partial charge in [-0.2, -0.15) is 0 Å². The Kier molecular flexibility index (Phi) is 1.67. The lowest BCUT2D eigenvalue weighted by Crippen LogP contribution is -2.08. The number of thiophene rings is 1. The summed E-state index contributed by atoms with van der Waals surface area (Å²) in [5.74, 6) is 0.666. The number of fused-ring (bicyclic) bond motifs is 3. The first-order valence-electron chi connectivity index (χ1n) is 4.64. The zero-order chi connectivity index (χ0) is 10.4. The minimum atomic E-state index is -0.0463. The average Bonchev–Trinajstić information content (AvgIpc) is 2.54. The maximum Gasteiger partial charge on any atom is 0.260 e. The van der Waals surface area contributed by atoms with Crippen LogP contribution in [0.25, 0.3) is 20.3 Å². The Bertz CT molecular complexity index is 711. The van der Waals surface area contributed by atoms with Crippen LogP contribution in [0, 0.1) is 6.92 Å². The fourth-order valence-corrected chi connectivity index (χ4v) is 2.86. The smallest absolute Gasteiger partial charge is 0.260 e. The highest BCUT2D eigenvalue weighted by atomic mass is 32.1. The molecule has 2 heterocycles. The normalized spacial score (nSPS) is 11.3. The topological polar surface area (TPSA) is 45.8 Å². The lowest BCUT2D eigenvalue weighted by atomic mass is 10.2. The highest BCUT2D eigenvalue weighted by Crippen LogP contribution is 2.29. The van der Waals surface area contributed by atoms with Crippen molar-refractivity contribution < 1.29 is 0 Å². The molecule has 3 aromatic rings. The fourth-order valence-electron chi connectivity index (χ4n) is 1.74. The summed E-state index contributed by atoms with van der Waals surface area (Å²) in [7, 11) is 0. The molecular weight excluding hydrogens is 208 g/mol. The van der Waals surface area contributed by atoms with Gasteiger partial charge in [-0.05, 0) is 13.0 Å². The number of benzene rings is 1. The number of nitrogens with one attached hydrogen (secondary N) is 1. The van der Waals surface area contributed by atoms with Gasteiger partial charge in [-0.15, -0.1) is 11.3 Å². The first-order valence-corrected chi connectivity index (χ1v) is 5.45. The predicted molar refractivity (Wildman–Crippen MR) is 62.5 cm³/mol. The molecule has 15 heavy (non-hydrogen) atoms. The molecule has 4 heteroatoms. The number of hydrogen-bond donors (Lipinski definition) is 1. The lowest BCUT2D eigenvalue weighted by Gasteiger charge is -1.91. The molecule has 3 rings (SSSR count). The van der Waals surface area contributed by atoms with Gasteiger partial charge in [-0.25, -0.2) is 4.98 Å². The summed E-state index contributed by atoms with van der Waals surface area (Å²) in [6.45, 7) is 1.80. The van der Waals surface area contributed by atoms with E-state index < -0.39 is 0 Å². The summed E-state index contributed by atoms with van der Waals surface area (Å²) >= 11 is 1.56. The Balaban J connectivity index is 2.67. The molecule has 0 aliphatic heterocycles. The predicted octanol–water partition coefficient (Wildman–Crippen LogP) is 2.45. The number of rotatable bonds is 0. The Hall–Kier alpha value is -1.68. The van der Waals surface area contributed by atoms with Gasteiger partial charge < -0.3 is 4.98 Å². The third kappa shape index (κ3) is 1.18.